The molecular weight excluding hydrogens is 306 g/mol. The Morgan fingerprint density at radius 3 is 2.88 bits per heavy atom. The third-order valence-electron chi connectivity index (χ3n) is 3.97. The first-order chi connectivity index (χ1) is 11.6. The van der Waals surface area contributed by atoms with Crippen molar-refractivity contribution in [3.8, 4) is 5.75 Å². The van der Waals surface area contributed by atoms with Crippen LogP contribution in [0.5, 0.6) is 5.75 Å². The van der Waals surface area contributed by atoms with Crippen molar-refractivity contribution in [1.82, 2.24) is 20.0 Å². The number of nitrogens with one attached hydrogen (secondary N) is 2. The van der Waals surface area contributed by atoms with Crippen LogP contribution in [0.1, 0.15) is 19.0 Å². The molecule has 2 heterocycles. The Bertz CT molecular complexity index is 837. The Balaban J connectivity index is 1.57. The minimum absolute atomic E-state index is 0.0690. The van der Waals surface area contributed by atoms with Gasteiger partial charge >= 0.3 is 0 Å². The number of fused-ring (bicyclic) bond motifs is 1. The molecule has 2 N–H and O–H groups in total. The number of nitrogens with zero attached hydrogens (tertiary/aromatic N) is 3. The van der Waals surface area contributed by atoms with Gasteiger partial charge in [0, 0.05) is 13.0 Å². The first-order valence-electron chi connectivity index (χ1n) is 7.92. The molecular formula is C17H21N5O2. The van der Waals surface area contributed by atoms with Crippen LogP contribution in [0, 0.1) is 12.8 Å². The molecule has 0 aliphatic rings. The van der Waals surface area contributed by atoms with Crippen LogP contribution in [-0.4, -0.2) is 32.5 Å². The second-order valence-corrected chi connectivity index (χ2v) is 5.85. The summed E-state index contributed by atoms with van der Waals surface area (Å²) in [7, 11) is 1.82. The third kappa shape index (κ3) is 3.24. The number of benzene rings is 1. The van der Waals surface area contributed by atoms with E-state index in [1.807, 2.05) is 51.2 Å². The highest BCUT2D eigenvalue weighted by Crippen LogP contribution is 2.23. The van der Waals surface area contributed by atoms with E-state index in [0.717, 1.165) is 22.5 Å². The normalized spacial score (nSPS) is 12.3. The number of hydrogen-bond acceptors (Lipinski definition) is 4. The average Bonchev–Trinajstić information content (AvgIpc) is 3.11. The first-order valence-corrected chi connectivity index (χ1v) is 7.92. The van der Waals surface area contributed by atoms with E-state index in [-0.39, 0.29) is 11.8 Å². The minimum atomic E-state index is -0.177. The predicted molar refractivity (Wildman–Crippen MR) is 91.9 cm³/mol. The molecule has 126 valence electrons. The molecule has 7 heteroatoms. The van der Waals surface area contributed by atoms with Gasteiger partial charge in [0.1, 0.15) is 11.6 Å². The van der Waals surface area contributed by atoms with Crippen molar-refractivity contribution in [2.75, 3.05) is 11.9 Å². The molecule has 0 spiro atoms. The maximum Gasteiger partial charge on any atom is 0.228 e. The van der Waals surface area contributed by atoms with Crippen LogP contribution >= 0.6 is 0 Å². The van der Waals surface area contributed by atoms with Crippen molar-refractivity contribution in [3.05, 3.63) is 36.0 Å². The maximum absolute atomic E-state index is 12.4. The van der Waals surface area contributed by atoms with Crippen LogP contribution < -0.4 is 10.1 Å². The summed E-state index contributed by atoms with van der Waals surface area (Å²) in [6.45, 7) is 4.26. The van der Waals surface area contributed by atoms with Crippen molar-refractivity contribution in [1.29, 1.82) is 0 Å². The van der Waals surface area contributed by atoms with Crippen molar-refractivity contribution in [2.24, 2.45) is 13.0 Å². The number of carbonyl (C=O) groups excluding carboxylic acids is 1. The third-order valence-corrected chi connectivity index (χ3v) is 3.97. The molecule has 2 aromatic heterocycles. The number of amides is 1. The molecule has 7 nitrogen and oxygen atoms in total. The van der Waals surface area contributed by atoms with E-state index in [1.54, 1.807) is 4.68 Å². The highest BCUT2D eigenvalue weighted by molar-refractivity contribution is 6.00. The number of carbonyl (C=O) groups is 1. The van der Waals surface area contributed by atoms with Gasteiger partial charge in [-0.2, -0.15) is 10.2 Å². The van der Waals surface area contributed by atoms with Gasteiger partial charge in [-0.25, -0.2) is 4.68 Å². The zero-order valence-electron chi connectivity index (χ0n) is 14.0. The smallest absolute Gasteiger partial charge is 0.228 e. The Morgan fingerprint density at radius 1 is 1.38 bits per heavy atom. The number of para-hydroxylation sites is 1. The monoisotopic (exact) mass is 327 g/mol. The summed E-state index contributed by atoms with van der Waals surface area (Å²) < 4.78 is 7.33. The van der Waals surface area contributed by atoms with Crippen LogP contribution in [0.2, 0.25) is 0 Å². The fourth-order valence-electron chi connectivity index (χ4n) is 2.57. The molecule has 3 rings (SSSR count). The van der Waals surface area contributed by atoms with E-state index in [9.17, 15) is 4.79 Å². The second-order valence-electron chi connectivity index (χ2n) is 5.85. The molecule has 24 heavy (non-hydrogen) atoms. The fourth-order valence-corrected chi connectivity index (χ4v) is 2.57. The van der Waals surface area contributed by atoms with Crippen LogP contribution in [0.25, 0.3) is 11.0 Å². The largest absolute Gasteiger partial charge is 0.494 e. The highest BCUT2D eigenvalue weighted by Gasteiger charge is 2.18. The highest BCUT2D eigenvalue weighted by atomic mass is 16.5. The van der Waals surface area contributed by atoms with Crippen molar-refractivity contribution >= 4 is 22.8 Å². The van der Waals surface area contributed by atoms with E-state index in [2.05, 4.69) is 20.6 Å². The summed E-state index contributed by atoms with van der Waals surface area (Å²) >= 11 is 0. The van der Waals surface area contributed by atoms with Gasteiger partial charge in [-0.15, -0.1) is 0 Å². The molecule has 0 aliphatic carbocycles. The summed E-state index contributed by atoms with van der Waals surface area (Å²) in [6, 6.07) is 9.58. The van der Waals surface area contributed by atoms with Gasteiger partial charge < -0.3 is 10.1 Å². The molecule has 0 radical (unpaired) electrons. The summed E-state index contributed by atoms with van der Waals surface area (Å²) in [5, 5.41) is 15.1. The number of aryl methyl sites for hydroxylation is 2. The molecule has 0 aliphatic heterocycles. The summed E-state index contributed by atoms with van der Waals surface area (Å²) in [6.07, 6.45) is 0.629. The van der Waals surface area contributed by atoms with Crippen LogP contribution in [-0.2, 0) is 11.8 Å². The van der Waals surface area contributed by atoms with E-state index < -0.39 is 0 Å². The number of aromatic amines is 1. The number of hydrogen-bond donors (Lipinski definition) is 2. The molecule has 1 amide bonds. The van der Waals surface area contributed by atoms with Gasteiger partial charge in [-0.05, 0) is 25.5 Å². The van der Waals surface area contributed by atoms with Crippen LogP contribution in [0.3, 0.4) is 0 Å². The Morgan fingerprint density at radius 2 is 2.12 bits per heavy atom. The lowest BCUT2D eigenvalue weighted by atomic mass is 10.1. The quantitative estimate of drug-likeness (QED) is 0.729. The molecule has 0 saturated carbocycles. The van der Waals surface area contributed by atoms with Gasteiger partial charge in [0.15, 0.2) is 5.65 Å². The molecule has 1 aromatic carbocycles. The maximum atomic E-state index is 12.4. The van der Waals surface area contributed by atoms with Gasteiger partial charge in [-0.1, -0.05) is 25.1 Å². The molecule has 1 unspecified atom stereocenters. The number of rotatable bonds is 6. The fraction of sp³-hybridized carbons (Fsp3) is 0.353. The van der Waals surface area contributed by atoms with Gasteiger partial charge in [0.05, 0.1) is 17.7 Å². The lowest BCUT2D eigenvalue weighted by molar-refractivity contribution is -0.119. The average molecular weight is 327 g/mol. The molecule has 0 bridgehead atoms. The van der Waals surface area contributed by atoms with Crippen molar-refractivity contribution < 1.29 is 9.53 Å². The van der Waals surface area contributed by atoms with Gasteiger partial charge in [0.25, 0.3) is 0 Å². The Kier molecular flexibility index (Phi) is 4.50. The second kappa shape index (κ2) is 6.74. The number of ether oxygens (including phenoxy) is 1. The van der Waals surface area contributed by atoms with E-state index in [1.165, 1.54) is 0 Å². The standard InChI is InChI=1S/C17H21N5O2/c1-11(9-10-24-13-7-5-4-6-8-13)17(23)18-15-14-12(2)21-22(3)16(14)20-19-15/h4-8,11H,9-10H2,1-3H3,(H2,18,19,20,23). The lowest BCUT2D eigenvalue weighted by Gasteiger charge is -2.12. The van der Waals surface area contributed by atoms with Crippen molar-refractivity contribution in [2.45, 2.75) is 20.3 Å². The lowest BCUT2D eigenvalue weighted by Crippen LogP contribution is -2.22. The number of H-pyrrole nitrogens is 1. The Hall–Kier alpha value is -2.83. The van der Waals surface area contributed by atoms with Crippen LogP contribution in [0.15, 0.2) is 30.3 Å². The number of anilines is 1. The zero-order chi connectivity index (χ0) is 17.1. The van der Waals surface area contributed by atoms with E-state index >= 15 is 0 Å². The van der Waals surface area contributed by atoms with Crippen LogP contribution in [0.4, 0.5) is 5.82 Å². The zero-order valence-corrected chi connectivity index (χ0v) is 14.0. The first kappa shape index (κ1) is 16.0. The van der Waals surface area contributed by atoms with Gasteiger partial charge in [-0.3, -0.25) is 9.89 Å². The number of aromatic nitrogens is 4. The molecule has 0 saturated heterocycles. The van der Waals surface area contributed by atoms with Gasteiger partial charge in [0.2, 0.25) is 5.91 Å². The molecule has 0 fully saturated rings. The summed E-state index contributed by atoms with van der Waals surface area (Å²) in [5.74, 6) is 1.16. The molecule has 1 atom stereocenters. The van der Waals surface area contributed by atoms with Crippen molar-refractivity contribution in [3.63, 3.8) is 0 Å². The summed E-state index contributed by atoms with van der Waals surface area (Å²) in [4.78, 5) is 12.4. The SMILES string of the molecule is Cc1nn(C)c2n[nH]c(NC(=O)C(C)CCOc3ccccc3)c12. The van der Waals surface area contributed by atoms with E-state index in [4.69, 9.17) is 4.74 Å². The summed E-state index contributed by atoms with van der Waals surface area (Å²) in [5.41, 5.74) is 1.56. The minimum Gasteiger partial charge on any atom is -0.494 e. The topological polar surface area (TPSA) is 84.8 Å². The van der Waals surface area contributed by atoms with E-state index in [0.29, 0.717) is 18.8 Å². The predicted octanol–water partition coefficient (Wildman–Crippen LogP) is 2.65. The Labute approximate surface area is 140 Å². The molecule has 3 aromatic rings.